The number of rotatable bonds is 3. The summed E-state index contributed by atoms with van der Waals surface area (Å²) in [5.74, 6) is 0.868. The van der Waals surface area contributed by atoms with Crippen LogP contribution < -0.4 is 4.74 Å². The normalized spacial score (nSPS) is 10.1. The molecule has 14 heavy (non-hydrogen) atoms. The molecule has 1 aromatic carbocycles. The van der Waals surface area contributed by atoms with Crippen LogP contribution in [0.4, 0.5) is 0 Å². The number of methoxy groups -OCH3 is 1. The molecule has 0 saturated heterocycles. The average Bonchev–Trinajstić information content (AvgIpc) is 2.72. The Bertz CT molecular complexity index is 380. The van der Waals surface area contributed by atoms with Crippen molar-refractivity contribution in [2.24, 2.45) is 0 Å². The molecular formula is C10H11N3O. The number of ether oxygens (including phenoxy) is 1. The highest BCUT2D eigenvalue weighted by atomic mass is 16.5. The van der Waals surface area contributed by atoms with Crippen molar-refractivity contribution in [3.8, 4) is 5.75 Å². The zero-order chi connectivity index (χ0) is 9.80. The van der Waals surface area contributed by atoms with Gasteiger partial charge in [0.15, 0.2) is 0 Å². The molecule has 1 heterocycles. The monoisotopic (exact) mass is 189 g/mol. The van der Waals surface area contributed by atoms with Crippen LogP contribution in [0.25, 0.3) is 0 Å². The minimum atomic E-state index is 0.740. The highest BCUT2D eigenvalue weighted by Gasteiger charge is 1.95. The Kier molecular flexibility index (Phi) is 2.44. The van der Waals surface area contributed by atoms with Gasteiger partial charge in [0, 0.05) is 6.20 Å². The Morgan fingerprint density at radius 3 is 2.64 bits per heavy atom. The van der Waals surface area contributed by atoms with E-state index < -0.39 is 0 Å². The predicted molar refractivity (Wildman–Crippen MR) is 52.1 cm³/mol. The summed E-state index contributed by atoms with van der Waals surface area (Å²) in [6, 6.07) is 7.90. The van der Waals surface area contributed by atoms with Crippen molar-refractivity contribution in [1.82, 2.24) is 15.0 Å². The smallest absolute Gasteiger partial charge is 0.118 e. The summed E-state index contributed by atoms with van der Waals surface area (Å²) in [6.45, 7) is 0.740. The van der Waals surface area contributed by atoms with Gasteiger partial charge in [-0.3, -0.25) is 0 Å². The van der Waals surface area contributed by atoms with Crippen molar-refractivity contribution in [2.75, 3.05) is 7.11 Å². The molecule has 0 bridgehead atoms. The number of benzene rings is 1. The molecule has 0 aliphatic carbocycles. The molecule has 0 radical (unpaired) electrons. The van der Waals surface area contributed by atoms with E-state index in [-0.39, 0.29) is 0 Å². The van der Waals surface area contributed by atoms with E-state index in [1.165, 1.54) is 5.56 Å². The number of aromatic nitrogens is 3. The van der Waals surface area contributed by atoms with Crippen LogP contribution in [0.5, 0.6) is 5.75 Å². The fourth-order valence-corrected chi connectivity index (χ4v) is 1.24. The average molecular weight is 189 g/mol. The molecule has 2 rings (SSSR count). The molecule has 0 spiro atoms. The molecule has 0 atom stereocenters. The van der Waals surface area contributed by atoms with E-state index in [1.54, 1.807) is 18.0 Å². The van der Waals surface area contributed by atoms with Crippen LogP contribution in [0.3, 0.4) is 0 Å². The maximum atomic E-state index is 5.07. The fraction of sp³-hybridized carbons (Fsp3) is 0.200. The molecule has 0 aliphatic rings. The van der Waals surface area contributed by atoms with Crippen LogP contribution in [-0.4, -0.2) is 22.1 Å². The second-order valence-corrected chi connectivity index (χ2v) is 2.95. The molecule has 4 nitrogen and oxygen atoms in total. The van der Waals surface area contributed by atoms with Crippen LogP contribution in [0.1, 0.15) is 5.56 Å². The Morgan fingerprint density at radius 1 is 1.29 bits per heavy atom. The number of nitrogens with zero attached hydrogens (tertiary/aromatic N) is 3. The number of hydrogen-bond acceptors (Lipinski definition) is 3. The van der Waals surface area contributed by atoms with Crippen molar-refractivity contribution in [3.63, 3.8) is 0 Å². The summed E-state index contributed by atoms with van der Waals surface area (Å²) in [5, 5.41) is 7.63. The molecule has 72 valence electrons. The van der Waals surface area contributed by atoms with Gasteiger partial charge in [-0.15, -0.1) is 5.10 Å². The first kappa shape index (κ1) is 8.74. The van der Waals surface area contributed by atoms with Crippen LogP contribution >= 0.6 is 0 Å². The number of hydrogen-bond donors (Lipinski definition) is 0. The van der Waals surface area contributed by atoms with E-state index in [9.17, 15) is 0 Å². The second-order valence-electron chi connectivity index (χ2n) is 2.95. The van der Waals surface area contributed by atoms with Gasteiger partial charge in [-0.1, -0.05) is 17.3 Å². The lowest BCUT2D eigenvalue weighted by atomic mass is 10.2. The van der Waals surface area contributed by atoms with Gasteiger partial charge in [0.2, 0.25) is 0 Å². The van der Waals surface area contributed by atoms with Gasteiger partial charge >= 0.3 is 0 Å². The van der Waals surface area contributed by atoms with Crippen LogP contribution in [-0.2, 0) is 6.54 Å². The highest BCUT2D eigenvalue weighted by Crippen LogP contribution is 2.11. The van der Waals surface area contributed by atoms with E-state index in [0.717, 1.165) is 12.3 Å². The van der Waals surface area contributed by atoms with Gasteiger partial charge in [-0.05, 0) is 17.7 Å². The quantitative estimate of drug-likeness (QED) is 0.731. The van der Waals surface area contributed by atoms with Gasteiger partial charge in [0.1, 0.15) is 5.75 Å². The van der Waals surface area contributed by atoms with Gasteiger partial charge in [-0.25, -0.2) is 4.68 Å². The highest BCUT2D eigenvalue weighted by molar-refractivity contribution is 5.27. The van der Waals surface area contributed by atoms with E-state index in [2.05, 4.69) is 10.3 Å². The molecular weight excluding hydrogens is 178 g/mol. The molecule has 0 amide bonds. The Morgan fingerprint density at radius 2 is 2.07 bits per heavy atom. The SMILES string of the molecule is COc1ccc(Cn2ccnn2)cc1. The zero-order valence-electron chi connectivity index (χ0n) is 7.92. The lowest BCUT2D eigenvalue weighted by molar-refractivity contribution is 0.414. The summed E-state index contributed by atoms with van der Waals surface area (Å²) >= 11 is 0. The van der Waals surface area contributed by atoms with E-state index in [0.29, 0.717) is 0 Å². The molecule has 0 saturated carbocycles. The minimum Gasteiger partial charge on any atom is -0.497 e. The summed E-state index contributed by atoms with van der Waals surface area (Å²) < 4.78 is 6.85. The maximum absolute atomic E-state index is 5.07. The Hall–Kier alpha value is -1.84. The third kappa shape index (κ3) is 1.90. The lowest BCUT2D eigenvalue weighted by Gasteiger charge is -2.02. The minimum absolute atomic E-state index is 0.740. The summed E-state index contributed by atoms with van der Waals surface area (Å²) in [7, 11) is 1.66. The van der Waals surface area contributed by atoms with Gasteiger partial charge in [0.05, 0.1) is 19.9 Å². The predicted octanol–water partition coefficient (Wildman–Crippen LogP) is 1.33. The van der Waals surface area contributed by atoms with E-state index in [4.69, 9.17) is 4.74 Å². The standard InChI is InChI=1S/C10H11N3O/c1-14-10-4-2-9(3-5-10)8-13-7-6-11-12-13/h2-7H,8H2,1H3. The molecule has 4 heteroatoms. The third-order valence-corrected chi connectivity index (χ3v) is 1.98. The van der Waals surface area contributed by atoms with E-state index >= 15 is 0 Å². The summed E-state index contributed by atoms with van der Waals surface area (Å²) in [4.78, 5) is 0. The molecule has 0 unspecified atom stereocenters. The first-order chi connectivity index (χ1) is 6.88. The van der Waals surface area contributed by atoms with Gasteiger partial charge < -0.3 is 4.74 Å². The maximum Gasteiger partial charge on any atom is 0.118 e. The molecule has 1 aromatic heterocycles. The zero-order valence-corrected chi connectivity index (χ0v) is 7.92. The van der Waals surface area contributed by atoms with Crippen molar-refractivity contribution < 1.29 is 4.74 Å². The van der Waals surface area contributed by atoms with Crippen molar-refractivity contribution in [2.45, 2.75) is 6.54 Å². The van der Waals surface area contributed by atoms with Crippen LogP contribution in [0.15, 0.2) is 36.7 Å². The van der Waals surface area contributed by atoms with Gasteiger partial charge in [0.25, 0.3) is 0 Å². The van der Waals surface area contributed by atoms with Crippen molar-refractivity contribution >= 4 is 0 Å². The molecule has 2 aromatic rings. The van der Waals surface area contributed by atoms with E-state index in [1.807, 2.05) is 30.5 Å². The molecule has 0 fully saturated rings. The molecule has 0 N–H and O–H groups in total. The second kappa shape index (κ2) is 3.91. The van der Waals surface area contributed by atoms with Crippen LogP contribution in [0.2, 0.25) is 0 Å². The topological polar surface area (TPSA) is 39.9 Å². The van der Waals surface area contributed by atoms with Crippen molar-refractivity contribution in [3.05, 3.63) is 42.2 Å². The summed E-state index contributed by atoms with van der Waals surface area (Å²) in [6.07, 6.45) is 3.51. The van der Waals surface area contributed by atoms with Crippen LogP contribution in [0, 0.1) is 0 Å². The first-order valence-corrected chi connectivity index (χ1v) is 4.35. The van der Waals surface area contributed by atoms with Gasteiger partial charge in [-0.2, -0.15) is 0 Å². The first-order valence-electron chi connectivity index (χ1n) is 4.35. The molecule has 0 aliphatic heterocycles. The largest absolute Gasteiger partial charge is 0.497 e. The lowest BCUT2D eigenvalue weighted by Crippen LogP contribution is -2.00. The van der Waals surface area contributed by atoms with Crippen molar-refractivity contribution in [1.29, 1.82) is 0 Å². The Balaban J connectivity index is 2.10. The fourth-order valence-electron chi connectivity index (χ4n) is 1.24. The third-order valence-electron chi connectivity index (χ3n) is 1.98. The summed E-state index contributed by atoms with van der Waals surface area (Å²) in [5.41, 5.74) is 1.18. The Labute approximate surface area is 82.1 Å².